The standard InChI is InChI=1S/C38H48Cl2N10O.C2H6.CH2O/c1-22-18-29(19-23(2)36(22)40)51-17-9-10-27(20-28-21-48(7)32-13-14-33(45-37(28)32)50(42)26(5)46-41)30-11-12-31(39)35(38(30)44-16-15-43-6)34-24(3)47-49(8)25(34)4;2*1-2/h11-14,18-21,43-44H,9-10,15-17,41-42H2,1-8H3;1-2H3;1H2/b27-20+,46-26-;;. The number of carbonyl (C=O) groups is 1. The lowest BCUT2D eigenvalue weighted by Gasteiger charge is -2.21. The second kappa shape index (κ2) is 20.7. The number of nitrogens with two attached hydrogens (primary N) is 2. The highest BCUT2D eigenvalue weighted by Gasteiger charge is 2.23. The predicted octanol–water partition coefficient (Wildman–Crippen LogP) is 8.36. The topological polar surface area (TPSA) is 154 Å². The second-order valence-electron chi connectivity index (χ2n) is 12.8. The van der Waals surface area contributed by atoms with E-state index in [4.69, 9.17) is 54.5 Å². The van der Waals surface area contributed by atoms with Crippen molar-refractivity contribution in [1.82, 2.24) is 24.6 Å². The summed E-state index contributed by atoms with van der Waals surface area (Å²) in [6, 6.07) is 11.9. The van der Waals surface area contributed by atoms with Crippen molar-refractivity contribution in [3.05, 3.63) is 86.3 Å². The fourth-order valence-corrected chi connectivity index (χ4v) is 6.74. The molecule has 0 fully saturated rings. The molecular weight excluding hydrogens is 735 g/mol. The van der Waals surface area contributed by atoms with Gasteiger partial charge in [0.1, 0.15) is 24.2 Å². The summed E-state index contributed by atoms with van der Waals surface area (Å²) in [6.07, 6.45) is 5.75. The molecule has 0 bridgehead atoms. The van der Waals surface area contributed by atoms with E-state index in [1.165, 1.54) is 5.01 Å². The predicted molar refractivity (Wildman–Crippen MR) is 232 cm³/mol. The molecule has 0 aliphatic rings. The minimum atomic E-state index is 0.439. The molecule has 5 rings (SSSR count). The third-order valence-corrected chi connectivity index (χ3v) is 10.1. The van der Waals surface area contributed by atoms with E-state index in [0.29, 0.717) is 36.2 Å². The number of hydrazine groups is 1. The van der Waals surface area contributed by atoms with Gasteiger partial charge in [0.05, 0.1) is 34.0 Å². The van der Waals surface area contributed by atoms with Crippen LogP contribution in [-0.2, 0) is 18.9 Å². The quantitative estimate of drug-likeness (QED) is 0.0303. The van der Waals surface area contributed by atoms with E-state index >= 15 is 0 Å². The maximum atomic E-state index is 8.00. The van der Waals surface area contributed by atoms with Crippen LogP contribution in [-0.4, -0.2) is 58.7 Å². The molecular formula is C41H56Cl2N10O2. The first-order valence-electron chi connectivity index (χ1n) is 18.2. The van der Waals surface area contributed by atoms with Crippen LogP contribution in [0.15, 0.2) is 47.7 Å². The van der Waals surface area contributed by atoms with Gasteiger partial charge in [0.2, 0.25) is 0 Å². The smallest absolute Gasteiger partial charge is 0.149 e. The summed E-state index contributed by atoms with van der Waals surface area (Å²) >= 11 is 13.5. The van der Waals surface area contributed by atoms with E-state index in [9.17, 15) is 0 Å². The number of ether oxygens (including phenoxy) is 1. The fourth-order valence-electron chi connectivity index (χ4n) is 6.38. The number of aromatic nitrogens is 4. The monoisotopic (exact) mass is 790 g/mol. The number of hydrogen-bond donors (Lipinski definition) is 4. The van der Waals surface area contributed by atoms with Crippen LogP contribution in [0.1, 0.15) is 67.3 Å². The van der Waals surface area contributed by atoms with E-state index in [0.717, 1.165) is 90.8 Å². The summed E-state index contributed by atoms with van der Waals surface area (Å²) in [5, 5.41) is 18.3. The van der Waals surface area contributed by atoms with Gasteiger partial charge in [-0.15, -0.1) is 0 Å². The Balaban J connectivity index is 0.00000196. The van der Waals surface area contributed by atoms with E-state index in [-0.39, 0.29) is 0 Å². The maximum Gasteiger partial charge on any atom is 0.149 e. The Morgan fingerprint density at radius 3 is 2.31 bits per heavy atom. The van der Waals surface area contributed by atoms with Crippen LogP contribution >= 0.6 is 23.2 Å². The van der Waals surface area contributed by atoms with Crippen LogP contribution in [0, 0.1) is 27.7 Å². The number of hydrogen-bond acceptors (Lipinski definition) is 9. The molecule has 2 aromatic carbocycles. The maximum absolute atomic E-state index is 8.00. The van der Waals surface area contributed by atoms with Crippen molar-refractivity contribution in [3.8, 4) is 16.9 Å². The van der Waals surface area contributed by atoms with E-state index in [1.807, 2.05) is 97.6 Å². The summed E-state index contributed by atoms with van der Waals surface area (Å²) < 4.78 is 10.2. The SMILES string of the molecule is C=O.CC.CNCCNc1c(/C(=C/c2cn(C)c3ccc(N(N)/C(C)=N\N)nc23)CCCOc2cc(C)c(Cl)c(C)c2)ccc(Cl)c1-c1c(C)nn(C)c1C. The number of pyridine rings is 1. The summed E-state index contributed by atoms with van der Waals surface area (Å²) in [5.41, 5.74) is 11.6. The first kappa shape index (κ1) is 44.5. The number of carbonyl (C=O) groups excluding carboxylic acids is 1. The van der Waals surface area contributed by atoms with Crippen molar-refractivity contribution in [3.63, 3.8) is 0 Å². The molecule has 0 unspecified atom stereocenters. The van der Waals surface area contributed by atoms with E-state index < -0.39 is 0 Å². The summed E-state index contributed by atoms with van der Waals surface area (Å²) in [5.74, 6) is 13.6. The Bertz CT molecular complexity index is 2110. The van der Waals surface area contributed by atoms with Gasteiger partial charge >= 0.3 is 0 Å². The summed E-state index contributed by atoms with van der Waals surface area (Å²) in [4.78, 5) is 13.0. The number of fused-ring (bicyclic) bond motifs is 1. The first-order chi connectivity index (χ1) is 26.4. The van der Waals surface area contributed by atoms with Crippen molar-refractivity contribution in [1.29, 1.82) is 0 Å². The average molecular weight is 792 g/mol. The molecule has 0 amide bonds. The molecule has 296 valence electrons. The van der Waals surface area contributed by atoms with Gasteiger partial charge in [-0.3, -0.25) is 4.68 Å². The van der Waals surface area contributed by atoms with Crippen molar-refractivity contribution in [2.45, 2.75) is 61.3 Å². The molecule has 5 aromatic rings. The number of nitrogens with one attached hydrogen (secondary N) is 2. The van der Waals surface area contributed by atoms with Crippen LogP contribution in [0.2, 0.25) is 10.0 Å². The molecule has 0 saturated carbocycles. The average Bonchev–Trinajstić information content (AvgIpc) is 3.63. The highest BCUT2D eigenvalue weighted by Crippen LogP contribution is 2.44. The molecule has 3 aromatic heterocycles. The highest BCUT2D eigenvalue weighted by atomic mass is 35.5. The lowest BCUT2D eigenvalue weighted by molar-refractivity contribution is -0.0980. The van der Waals surface area contributed by atoms with Gasteiger partial charge in [-0.25, -0.2) is 15.8 Å². The number of aryl methyl sites for hydroxylation is 5. The Morgan fingerprint density at radius 2 is 1.71 bits per heavy atom. The van der Waals surface area contributed by atoms with Crippen LogP contribution in [0.25, 0.3) is 33.8 Å². The lowest BCUT2D eigenvalue weighted by atomic mass is 9.91. The van der Waals surface area contributed by atoms with Crippen LogP contribution in [0.3, 0.4) is 0 Å². The number of likely N-dealkylation sites (N-methyl/N-ethyl adjacent to an activating group) is 1. The number of rotatable bonds is 13. The minimum absolute atomic E-state index is 0.439. The van der Waals surface area contributed by atoms with Crippen LogP contribution < -0.4 is 32.1 Å². The van der Waals surface area contributed by atoms with Gasteiger partial charge in [0.25, 0.3) is 0 Å². The molecule has 14 heteroatoms. The van der Waals surface area contributed by atoms with Gasteiger partial charge in [0.15, 0.2) is 0 Å². The van der Waals surface area contributed by atoms with Gasteiger partial charge < -0.3 is 30.6 Å². The molecule has 0 saturated heterocycles. The molecule has 0 aliphatic heterocycles. The summed E-state index contributed by atoms with van der Waals surface area (Å²) in [7, 11) is 5.91. The number of hydrazone groups is 1. The highest BCUT2D eigenvalue weighted by molar-refractivity contribution is 6.34. The van der Waals surface area contributed by atoms with Gasteiger partial charge in [0, 0.05) is 66.4 Å². The van der Waals surface area contributed by atoms with Gasteiger partial charge in [-0.1, -0.05) is 43.1 Å². The van der Waals surface area contributed by atoms with Gasteiger partial charge in [-0.2, -0.15) is 10.2 Å². The molecule has 12 nitrogen and oxygen atoms in total. The molecule has 0 aliphatic carbocycles. The van der Waals surface area contributed by atoms with Crippen molar-refractivity contribution in [2.75, 3.05) is 37.1 Å². The molecule has 0 atom stereocenters. The Hall–Kier alpha value is -4.88. The number of halogens is 2. The van der Waals surface area contributed by atoms with E-state index in [1.54, 1.807) is 6.92 Å². The normalized spacial score (nSPS) is 11.5. The second-order valence-corrected chi connectivity index (χ2v) is 13.6. The van der Waals surface area contributed by atoms with Crippen LogP contribution in [0.4, 0.5) is 11.5 Å². The van der Waals surface area contributed by atoms with Crippen molar-refractivity contribution in [2.24, 2.45) is 30.9 Å². The largest absolute Gasteiger partial charge is 0.494 e. The lowest BCUT2D eigenvalue weighted by Crippen LogP contribution is -2.37. The number of nitrogens with zero attached hydrogens (tertiary/aromatic N) is 6. The Labute approximate surface area is 335 Å². The number of anilines is 2. The van der Waals surface area contributed by atoms with Crippen molar-refractivity contribution < 1.29 is 9.53 Å². The van der Waals surface area contributed by atoms with Gasteiger partial charge in [-0.05, 0) is 108 Å². The molecule has 0 radical (unpaired) electrons. The molecule has 0 spiro atoms. The zero-order valence-electron chi connectivity index (χ0n) is 33.8. The number of benzene rings is 2. The third-order valence-electron chi connectivity index (χ3n) is 9.16. The van der Waals surface area contributed by atoms with Crippen LogP contribution in [0.5, 0.6) is 5.75 Å². The third kappa shape index (κ3) is 10.3. The molecule has 3 heterocycles. The number of allylic oxidation sites excluding steroid dienone is 1. The zero-order chi connectivity index (χ0) is 41.0. The van der Waals surface area contributed by atoms with E-state index in [2.05, 4.69) is 45.6 Å². The zero-order valence-corrected chi connectivity index (χ0v) is 35.3. The summed E-state index contributed by atoms with van der Waals surface area (Å²) in [6.45, 7) is 17.8. The Morgan fingerprint density at radius 1 is 1.04 bits per heavy atom. The van der Waals surface area contributed by atoms with Crippen molar-refractivity contribution >= 4 is 70.0 Å². The Kier molecular flexibility index (Phi) is 16.8. The first-order valence-corrected chi connectivity index (χ1v) is 19.0. The fraction of sp³-hybridized carbons (Fsp3) is 0.366. The number of amidine groups is 1. The molecule has 55 heavy (non-hydrogen) atoms. The molecule has 6 N–H and O–H groups in total. The minimum Gasteiger partial charge on any atom is -0.494 e.